The van der Waals surface area contributed by atoms with Crippen molar-refractivity contribution in [1.29, 1.82) is 0 Å². The Bertz CT molecular complexity index is 1080. The van der Waals surface area contributed by atoms with E-state index < -0.39 is 11.5 Å². The fraction of sp³-hybridized carbons (Fsp3) is 0.100. The van der Waals surface area contributed by atoms with Crippen molar-refractivity contribution >= 4 is 23.2 Å². The van der Waals surface area contributed by atoms with Crippen LogP contribution in [0, 0.1) is 0 Å². The molecule has 0 saturated carbocycles. The van der Waals surface area contributed by atoms with Crippen molar-refractivity contribution in [3.8, 4) is 11.5 Å². The summed E-state index contributed by atoms with van der Waals surface area (Å²) in [6.45, 7) is 0.297. The number of nitrogens with one attached hydrogen (secondary N) is 1. The minimum Gasteiger partial charge on any atom is -0.454 e. The van der Waals surface area contributed by atoms with Crippen molar-refractivity contribution in [3.63, 3.8) is 0 Å². The summed E-state index contributed by atoms with van der Waals surface area (Å²) in [6, 6.07) is 15.1. The molecule has 3 aromatic rings. The molecule has 0 aliphatic carbocycles. The number of aromatic nitrogens is 1. The average molecular weight is 399 g/mol. The first-order chi connectivity index (χ1) is 13.6. The molecule has 0 radical (unpaired) electrons. The number of ether oxygens (including phenoxy) is 2. The number of nitrogens with zero attached hydrogens (tertiary/aromatic N) is 1. The molecule has 1 aliphatic rings. The monoisotopic (exact) mass is 398 g/mol. The Labute approximate surface area is 165 Å². The van der Waals surface area contributed by atoms with Crippen LogP contribution in [-0.2, 0) is 6.61 Å². The molecule has 1 amide bonds. The maximum atomic E-state index is 12.6. The Morgan fingerprint density at radius 2 is 1.89 bits per heavy atom. The van der Waals surface area contributed by atoms with Gasteiger partial charge in [0.05, 0.1) is 0 Å². The van der Waals surface area contributed by atoms with Gasteiger partial charge in [0, 0.05) is 23.0 Å². The summed E-state index contributed by atoms with van der Waals surface area (Å²) in [5, 5.41) is 3.29. The van der Waals surface area contributed by atoms with Gasteiger partial charge in [-0.3, -0.25) is 9.59 Å². The number of benzene rings is 2. The molecule has 2 aromatic carbocycles. The number of fused-ring (bicyclic) bond motifs is 1. The summed E-state index contributed by atoms with van der Waals surface area (Å²) in [5.41, 5.74) is 0.726. The second-order valence-corrected chi connectivity index (χ2v) is 6.41. The van der Waals surface area contributed by atoms with Gasteiger partial charge in [-0.1, -0.05) is 23.7 Å². The summed E-state index contributed by atoms with van der Waals surface area (Å²) in [6.07, 6.45) is 1.45. The molecule has 0 bridgehead atoms. The Morgan fingerprint density at radius 1 is 1.11 bits per heavy atom. The molecule has 7 nitrogen and oxygen atoms in total. The predicted molar refractivity (Wildman–Crippen MR) is 103 cm³/mol. The number of hydrogen-bond donors (Lipinski definition) is 1. The van der Waals surface area contributed by atoms with Gasteiger partial charge in [0.1, 0.15) is 12.2 Å². The molecule has 0 saturated heterocycles. The van der Waals surface area contributed by atoms with Gasteiger partial charge in [-0.2, -0.15) is 4.73 Å². The normalized spacial score (nSPS) is 11.9. The van der Waals surface area contributed by atoms with E-state index in [1.54, 1.807) is 48.5 Å². The highest BCUT2D eigenvalue weighted by Gasteiger charge is 2.17. The average Bonchev–Trinajstić information content (AvgIpc) is 3.16. The fourth-order valence-corrected chi connectivity index (χ4v) is 2.77. The molecular weight excluding hydrogens is 384 g/mol. The first-order valence-electron chi connectivity index (χ1n) is 8.40. The van der Waals surface area contributed by atoms with Gasteiger partial charge in [0.15, 0.2) is 11.5 Å². The van der Waals surface area contributed by atoms with Crippen molar-refractivity contribution in [1.82, 2.24) is 4.73 Å². The van der Waals surface area contributed by atoms with Crippen molar-refractivity contribution in [3.05, 3.63) is 87.3 Å². The lowest BCUT2D eigenvalue weighted by Gasteiger charge is -2.10. The third-order valence-corrected chi connectivity index (χ3v) is 4.33. The maximum Gasteiger partial charge on any atom is 0.295 e. The van der Waals surface area contributed by atoms with E-state index in [1.807, 2.05) is 0 Å². The number of carbonyl (C=O) groups is 1. The summed E-state index contributed by atoms with van der Waals surface area (Å²) in [5.74, 6) is 0.596. The molecule has 0 unspecified atom stereocenters. The standard InChI is InChI=1S/C20H15ClN2O5/c21-14-5-3-13(4-6-14)11-28-23-9-1-2-16(20(23)25)19(24)22-15-7-8-17-18(10-15)27-12-26-17/h1-10H,11-12H2,(H,22,24). The molecule has 8 heteroatoms. The zero-order chi connectivity index (χ0) is 19.5. The van der Waals surface area contributed by atoms with Crippen molar-refractivity contribution in [2.45, 2.75) is 6.61 Å². The lowest BCUT2D eigenvalue weighted by atomic mass is 10.2. The molecule has 0 atom stereocenters. The Morgan fingerprint density at radius 3 is 2.71 bits per heavy atom. The van der Waals surface area contributed by atoms with Crippen LogP contribution in [0.25, 0.3) is 0 Å². The molecule has 0 spiro atoms. The van der Waals surface area contributed by atoms with Gasteiger partial charge in [0.2, 0.25) is 6.79 Å². The summed E-state index contributed by atoms with van der Waals surface area (Å²) in [7, 11) is 0. The first-order valence-corrected chi connectivity index (χ1v) is 8.78. The van der Waals surface area contributed by atoms with Crippen molar-refractivity contribution in [2.24, 2.45) is 0 Å². The second kappa shape index (κ2) is 7.66. The molecule has 4 rings (SSSR count). The number of rotatable bonds is 5. The molecule has 1 aliphatic heterocycles. The van der Waals surface area contributed by atoms with Gasteiger partial charge < -0.3 is 19.6 Å². The van der Waals surface area contributed by atoms with Crippen LogP contribution >= 0.6 is 11.6 Å². The van der Waals surface area contributed by atoms with Crippen LogP contribution < -0.4 is 25.2 Å². The second-order valence-electron chi connectivity index (χ2n) is 5.97. The molecule has 1 N–H and O–H groups in total. The smallest absolute Gasteiger partial charge is 0.295 e. The third kappa shape index (κ3) is 3.79. The molecule has 2 heterocycles. The van der Waals surface area contributed by atoms with Gasteiger partial charge in [-0.25, -0.2) is 0 Å². The van der Waals surface area contributed by atoms with Crippen molar-refractivity contribution in [2.75, 3.05) is 12.1 Å². The van der Waals surface area contributed by atoms with E-state index in [-0.39, 0.29) is 19.0 Å². The number of amides is 1. The fourth-order valence-electron chi connectivity index (χ4n) is 2.65. The van der Waals surface area contributed by atoms with Crippen LogP contribution in [-0.4, -0.2) is 17.4 Å². The van der Waals surface area contributed by atoms with E-state index in [0.29, 0.717) is 22.2 Å². The van der Waals surface area contributed by atoms with Crippen LogP contribution in [0.4, 0.5) is 5.69 Å². The highest BCUT2D eigenvalue weighted by molar-refractivity contribution is 6.30. The number of pyridine rings is 1. The number of halogens is 1. The van der Waals surface area contributed by atoms with E-state index in [0.717, 1.165) is 10.3 Å². The van der Waals surface area contributed by atoms with Crippen LogP contribution in [0.15, 0.2) is 65.6 Å². The van der Waals surface area contributed by atoms with Crippen molar-refractivity contribution < 1.29 is 19.1 Å². The quantitative estimate of drug-likeness (QED) is 0.714. The highest BCUT2D eigenvalue weighted by atomic mass is 35.5. The summed E-state index contributed by atoms with van der Waals surface area (Å²) in [4.78, 5) is 30.6. The van der Waals surface area contributed by atoms with Gasteiger partial charge in [-0.15, -0.1) is 0 Å². The van der Waals surface area contributed by atoms with E-state index in [2.05, 4.69) is 5.32 Å². The third-order valence-electron chi connectivity index (χ3n) is 4.07. The lowest BCUT2D eigenvalue weighted by molar-refractivity contribution is 0.0863. The molecule has 1 aromatic heterocycles. The Kier molecular flexibility index (Phi) is 4.90. The van der Waals surface area contributed by atoms with E-state index >= 15 is 0 Å². The van der Waals surface area contributed by atoms with Crippen LogP contribution in [0.2, 0.25) is 5.02 Å². The van der Waals surface area contributed by atoms with E-state index in [9.17, 15) is 9.59 Å². The number of hydrogen-bond acceptors (Lipinski definition) is 5. The highest BCUT2D eigenvalue weighted by Crippen LogP contribution is 2.34. The molecular formula is C20H15ClN2O5. The molecule has 28 heavy (non-hydrogen) atoms. The number of anilines is 1. The minimum absolute atomic E-state index is 0.0451. The topological polar surface area (TPSA) is 78.8 Å². The van der Waals surface area contributed by atoms with Gasteiger partial charge in [0.25, 0.3) is 11.5 Å². The molecule has 142 valence electrons. The first kappa shape index (κ1) is 17.9. The zero-order valence-corrected chi connectivity index (χ0v) is 15.3. The van der Waals surface area contributed by atoms with Crippen LogP contribution in [0.5, 0.6) is 11.5 Å². The Balaban J connectivity index is 1.48. The minimum atomic E-state index is -0.560. The maximum absolute atomic E-state index is 12.6. The van der Waals surface area contributed by atoms with E-state index in [4.69, 9.17) is 25.9 Å². The SMILES string of the molecule is O=C(Nc1ccc2c(c1)OCO2)c1cccn(OCc2ccc(Cl)cc2)c1=O. The van der Waals surface area contributed by atoms with Gasteiger partial charge >= 0.3 is 0 Å². The molecule has 0 fully saturated rings. The van der Waals surface area contributed by atoms with Crippen LogP contribution in [0.1, 0.15) is 15.9 Å². The van der Waals surface area contributed by atoms with E-state index in [1.165, 1.54) is 12.3 Å². The predicted octanol–water partition coefficient (Wildman–Crippen LogP) is 3.11. The van der Waals surface area contributed by atoms with Gasteiger partial charge in [-0.05, 0) is 42.0 Å². The largest absolute Gasteiger partial charge is 0.454 e. The lowest BCUT2D eigenvalue weighted by Crippen LogP contribution is -2.32. The Hall–Kier alpha value is -3.45. The zero-order valence-electron chi connectivity index (χ0n) is 14.6. The summed E-state index contributed by atoms with van der Waals surface area (Å²) >= 11 is 5.85. The van der Waals surface area contributed by atoms with Crippen LogP contribution in [0.3, 0.4) is 0 Å². The summed E-state index contributed by atoms with van der Waals surface area (Å²) < 4.78 is 11.5. The number of carbonyl (C=O) groups excluding carboxylic acids is 1.